The molecule has 4 nitrogen and oxygen atoms in total. The van der Waals surface area contributed by atoms with Gasteiger partial charge in [-0.25, -0.2) is 4.79 Å². The zero-order valence-corrected chi connectivity index (χ0v) is 11.5. The van der Waals surface area contributed by atoms with E-state index in [9.17, 15) is 9.59 Å². The summed E-state index contributed by atoms with van der Waals surface area (Å²) in [6.45, 7) is 3.56. The van der Waals surface area contributed by atoms with Gasteiger partial charge in [0.15, 0.2) is 0 Å². The maximum absolute atomic E-state index is 11.8. The Bertz CT molecular complexity index is 489. The highest BCUT2D eigenvalue weighted by atomic mass is 35.5. The van der Waals surface area contributed by atoms with Gasteiger partial charge >= 0.3 is 5.97 Å². The summed E-state index contributed by atoms with van der Waals surface area (Å²) in [5, 5.41) is 0.380. The number of halogens is 1. The number of hydrogen-bond donors (Lipinski definition) is 0. The third kappa shape index (κ3) is 3.26. The van der Waals surface area contributed by atoms with E-state index < -0.39 is 5.97 Å². The van der Waals surface area contributed by atoms with Crippen LogP contribution in [-0.2, 0) is 9.53 Å². The first kappa shape index (κ1) is 13.9. The Morgan fingerprint density at radius 1 is 1.47 bits per heavy atom. The van der Waals surface area contributed by atoms with E-state index in [2.05, 4.69) is 0 Å². The fraction of sp³-hybridized carbons (Fsp3) is 0.429. The summed E-state index contributed by atoms with van der Waals surface area (Å²) in [5.74, 6) is -0.229. The average molecular weight is 282 g/mol. The van der Waals surface area contributed by atoms with Crippen molar-refractivity contribution < 1.29 is 14.3 Å². The van der Waals surface area contributed by atoms with Crippen LogP contribution < -0.4 is 0 Å². The smallest absolute Gasteiger partial charge is 0.339 e. The molecule has 1 fully saturated rings. The second-order valence-electron chi connectivity index (χ2n) is 4.58. The lowest BCUT2D eigenvalue weighted by Crippen LogP contribution is -2.25. The van der Waals surface area contributed by atoms with Crippen molar-refractivity contribution in [3.63, 3.8) is 0 Å². The lowest BCUT2D eigenvalue weighted by molar-refractivity contribution is -0.127. The van der Waals surface area contributed by atoms with Gasteiger partial charge in [0.1, 0.15) is 0 Å². The van der Waals surface area contributed by atoms with Crippen LogP contribution in [0.2, 0.25) is 5.02 Å². The van der Waals surface area contributed by atoms with Crippen molar-refractivity contribution in [1.29, 1.82) is 0 Å². The fourth-order valence-electron chi connectivity index (χ4n) is 2.17. The SMILES string of the molecule is CCN1C[C@H](COC(=O)c2ccccc2Cl)CC1=O. The van der Waals surface area contributed by atoms with E-state index in [1.165, 1.54) is 0 Å². The van der Waals surface area contributed by atoms with Crippen LogP contribution in [0.1, 0.15) is 23.7 Å². The van der Waals surface area contributed by atoms with Crippen molar-refractivity contribution in [2.24, 2.45) is 5.92 Å². The number of rotatable bonds is 4. The molecule has 1 aromatic rings. The molecule has 0 unspecified atom stereocenters. The van der Waals surface area contributed by atoms with Gasteiger partial charge < -0.3 is 9.64 Å². The van der Waals surface area contributed by atoms with E-state index in [1.54, 1.807) is 29.2 Å². The Balaban J connectivity index is 1.88. The molecule has 0 bridgehead atoms. The first-order chi connectivity index (χ1) is 9.11. The van der Waals surface area contributed by atoms with Gasteiger partial charge in [0.2, 0.25) is 5.91 Å². The van der Waals surface area contributed by atoms with E-state index in [1.807, 2.05) is 6.92 Å². The van der Waals surface area contributed by atoms with E-state index >= 15 is 0 Å². The standard InChI is InChI=1S/C14H16ClNO3/c1-2-16-8-10(7-13(16)17)9-19-14(18)11-5-3-4-6-12(11)15/h3-6,10H,2,7-9H2,1H3/t10-/m1/s1. The number of carbonyl (C=O) groups excluding carboxylic acids is 2. The Kier molecular flexibility index (Phi) is 4.43. The molecule has 0 aliphatic carbocycles. The van der Waals surface area contributed by atoms with Gasteiger partial charge in [0, 0.05) is 25.4 Å². The summed E-state index contributed by atoms with van der Waals surface area (Å²) < 4.78 is 5.23. The Morgan fingerprint density at radius 2 is 2.21 bits per heavy atom. The Labute approximate surface area is 117 Å². The summed E-state index contributed by atoms with van der Waals surface area (Å²) in [6, 6.07) is 6.77. The predicted molar refractivity (Wildman–Crippen MR) is 72.1 cm³/mol. The molecule has 1 amide bonds. The fourth-order valence-corrected chi connectivity index (χ4v) is 2.38. The van der Waals surface area contributed by atoms with E-state index in [0.717, 1.165) is 0 Å². The second-order valence-corrected chi connectivity index (χ2v) is 4.99. The van der Waals surface area contributed by atoms with Gasteiger partial charge in [-0.1, -0.05) is 23.7 Å². The molecule has 1 heterocycles. The lowest BCUT2D eigenvalue weighted by atomic mass is 10.1. The molecule has 1 aliphatic rings. The van der Waals surface area contributed by atoms with Crippen LogP contribution >= 0.6 is 11.6 Å². The third-order valence-corrected chi connectivity index (χ3v) is 3.55. The minimum absolute atomic E-state index is 0.0823. The molecule has 2 rings (SSSR count). The van der Waals surface area contributed by atoms with E-state index in [-0.39, 0.29) is 18.4 Å². The topological polar surface area (TPSA) is 46.6 Å². The molecular formula is C14H16ClNO3. The van der Waals surface area contributed by atoms with Crippen LogP contribution in [-0.4, -0.2) is 36.5 Å². The largest absolute Gasteiger partial charge is 0.462 e. The van der Waals surface area contributed by atoms with Crippen LogP contribution in [0.3, 0.4) is 0 Å². The van der Waals surface area contributed by atoms with Crippen LogP contribution in [0.4, 0.5) is 0 Å². The van der Waals surface area contributed by atoms with Gasteiger partial charge in [0.25, 0.3) is 0 Å². The molecule has 5 heteroatoms. The molecule has 1 aliphatic heterocycles. The molecule has 0 radical (unpaired) electrons. The number of amides is 1. The Hall–Kier alpha value is -1.55. The number of esters is 1. The van der Waals surface area contributed by atoms with Crippen molar-refractivity contribution >= 4 is 23.5 Å². The normalized spacial score (nSPS) is 18.7. The minimum Gasteiger partial charge on any atom is -0.462 e. The maximum Gasteiger partial charge on any atom is 0.339 e. The van der Waals surface area contributed by atoms with Crippen molar-refractivity contribution in [3.05, 3.63) is 34.9 Å². The highest BCUT2D eigenvalue weighted by Crippen LogP contribution is 2.20. The third-order valence-electron chi connectivity index (χ3n) is 3.22. The van der Waals surface area contributed by atoms with Crippen LogP contribution in [0.15, 0.2) is 24.3 Å². The molecular weight excluding hydrogens is 266 g/mol. The first-order valence-electron chi connectivity index (χ1n) is 6.31. The van der Waals surface area contributed by atoms with Gasteiger partial charge in [-0.15, -0.1) is 0 Å². The summed E-state index contributed by atoms with van der Waals surface area (Å²) in [7, 11) is 0. The van der Waals surface area contributed by atoms with Gasteiger partial charge in [0.05, 0.1) is 17.2 Å². The zero-order valence-electron chi connectivity index (χ0n) is 10.8. The van der Waals surface area contributed by atoms with Crippen molar-refractivity contribution in [2.75, 3.05) is 19.7 Å². The second kappa shape index (κ2) is 6.06. The van der Waals surface area contributed by atoms with E-state index in [4.69, 9.17) is 16.3 Å². The molecule has 1 aromatic carbocycles. The Morgan fingerprint density at radius 3 is 2.84 bits per heavy atom. The zero-order chi connectivity index (χ0) is 13.8. The number of benzene rings is 1. The number of ether oxygens (including phenoxy) is 1. The van der Waals surface area contributed by atoms with E-state index in [0.29, 0.717) is 30.1 Å². The minimum atomic E-state index is -0.437. The molecule has 1 saturated heterocycles. The van der Waals surface area contributed by atoms with Crippen molar-refractivity contribution in [1.82, 2.24) is 4.90 Å². The first-order valence-corrected chi connectivity index (χ1v) is 6.69. The number of likely N-dealkylation sites (tertiary alicyclic amines) is 1. The highest BCUT2D eigenvalue weighted by Gasteiger charge is 2.29. The lowest BCUT2D eigenvalue weighted by Gasteiger charge is -2.13. The molecule has 0 N–H and O–H groups in total. The molecule has 0 spiro atoms. The molecule has 0 aromatic heterocycles. The van der Waals surface area contributed by atoms with Crippen LogP contribution in [0.25, 0.3) is 0 Å². The molecule has 1 atom stereocenters. The highest BCUT2D eigenvalue weighted by molar-refractivity contribution is 6.33. The monoisotopic (exact) mass is 281 g/mol. The van der Waals surface area contributed by atoms with Crippen molar-refractivity contribution in [2.45, 2.75) is 13.3 Å². The average Bonchev–Trinajstić information content (AvgIpc) is 2.77. The number of carbonyl (C=O) groups is 2. The van der Waals surface area contributed by atoms with Crippen LogP contribution in [0.5, 0.6) is 0 Å². The number of nitrogens with zero attached hydrogens (tertiary/aromatic N) is 1. The maximum atomic E-state index is 11.8. The van der Waals surface area contributed by atoms with Crippen molar-refractivity contribution in [3.8, 4) is 0 Å². The van der Waals surface area contributed by atoms with Gasteiger partial charge in [-0.3, -0.25) is 4.79 Å². The summed E-state index contributed by atoms with van der Waals surface area (Å²) in [5.41, 5.74) is 0.362. The molecule has 102 valence electrons. The quantitative estimate of drug-likeness (QED) is 0.796. The summed E-state index contributed by atoms with van der Waals surface area (Å²) in [6.07, 6.45) is 0.448. The predicted octanol–water partition coefficient (Wildman–Crippen LogP) is 2.37. The van der Waals surface area contributed by atoms with Gasteiger partial charge in [-0.2, -0.15) is 0 Å². The molecule has 0 saturated carbocycles. The van der Waals surface area contributed by atoms with Crippen LogP contribution in [0, 0.1) is 5.92 Å². The number of hydrogen-bond acceptors (Lipinski definition) is 3. The summed E-state index contributed by atoms with van der Waals surface area (Å²) >= 11 is 5.92. The summed E-state index contributed by atoms with van der Waals surface area (Å²) in [4.78, 5) is 25.2. The molecule has 19 heavy (non-hydrogen) atoms. The van der Waals surface area contributed by atoms with Gasteiger partial charge in [-0.05, 0) is 19.1 Å².